The van der Waals surface area contributed by atoms with E-state index in [9.17, 15) is 4.79 Å². The normalized spacial score (nSPS) is 13.8. The minimum atomic E-state index is -0.185. The van der Waals surface area contributed by atoms with E-state index in [2.05, 4.69) is 10.6 Å². The first-order valence-corrected chi connectivity index (χ1v) is 7.68. The van der Waals surface area contributed by atoms with Gasteiger partial charge in [-0.2, -0.15) is 0 Å². The number of nitrogens with one attached hydrogen (secondary N) is 2. The third kappa shape index (κ3) is 3.63. The molecule has 120 valence electrons. The van der Waals surface area contributed by atoms with Crippen molar-refractivity contribution in [1.29, 1.82) is 0 Å². The third-order valence-electron chi connectivity index (χ3n) is 3.79. The summed E-state index contributed by atoms with van der Waals surface area (Å²) in [6, 6.07) is 13.3. The molecule has 0 bridgehead atoms. The molecule has 23 heavy (non-hydrogen) atoms. The van der Waals surface area contributed by atoms with Crippen molar-refractivity contribution in [1.82, 2.24) is 10.6 Å². The SMILES string of the molecule is C[C@@H](NCC(=O)N[C@H](C)c1cc2ccccc2o1)c1ccco1. The van der Waals surface area contributed by atoms with Crippen molar-refractivity contribution in [2.45, 2.75) is 25.9 Å². The molecule has 2 heterocycles. The van der Waals surface area contributed by atoms with E-state index >= 15 is 0 Å². The van der Waals surface area contributed by atoms with Crippen LogP contribution in [0.25, 0.3) is 11.0 Å². The quantitative estimate of drug-likeness (QED) is 0.730. The Kier molecular flexibility index (Phi) is 4.48. The fraction of sp³-hybridized carbons (Fsp3) is 0.278. The van der Waals surface area contributed by atoms with Crippen molar-refractivity contribution in [3.05, 3.63) is 60.2 Å². The molecule has 0 aliphatic heterocycles. The molecule has 0 saturated heterocycles. The van der Waals surface area contributed by atoms with E-state index in [0.29, 0.717) is 0 Å². The summed E-state index contributed by atoms with van der Waals surface area (Å²) in [5, 5.41) is 7.10. The Balaban J connectivity index is 1.54. The van der Waals surface area contributed by atoms with Gasteiger partial charge >= 0.3 is 0 Å². The highest BCUT2D eigenvalue weighted by Crippen LogP contribution is 2.23. The summed E-state index contributed by atoms with van der Waals surface area (Å²) in [7, 11) is 0. The van der Waals surface area contributed by atoms with E-state index in [-0.39, 0.29) is 24.5 Å². The van der Waals surface area contributed by atoms with Crippen molar-refractivity contribution in [2.24, 2.45) is 0 Å². The predicted octanol–water partition coefficient (Wildman–Crippen LogP) is 3.55. The molecular weight excluding hydrogens is 292 g/mol. The highest BCUT2D eigenvalue weighted by atomic mass is 16.3. The highest BCUT2D eigenvalue weighted by Gasteiger charge is 2.15. The smallest absolute Gasteiger partial charge is 0.234 e. The summed E-state index contributed by atoms with van der Waals surface area (Å²) in [6.07, 6.45) is 1.62. The maximum Gasteiger partial charge on any atom is 0.234 e. The monoisotopic (exact) mass is 312 g/mol. The number of hydrogen-bond donors (Lipinski definition) is 2. The summed E-state index contributed by atoms with van der Waals surface area (Å²) in [6.45, 7) is 4.08. The molecule has 0 saturated carbocycles. The number of amides is 1. The third-order valence-corrected chi connectivity index (χ3v) is 3.79. The maximum absolute atomic E-state index is 12.1. The predicted molar refractivity (Wildman–Crippen MR) is 87.9 cm³/mol. The molecule has 3 aromatic rings. The van der Waals surface area contributed by atoms with Crippen molar-refractivity contribution in [2.75, 3.05) is 6.54 Å². The Labute approximate surface area is 134 Å². The number of benzene rings is 1. The van der Waals surface area contributed by atoms with Crippen LogP contribution in [-0.2, 0) is 4.79 Å². The maximum atomic E-state index is 12.1. The summed E-state index contributed by atoms with van der Waals surface area (Å²) in [5.74, 6) is 1.47. The van der Waals surface area contributed by atoms with Gasteiger partial charge in [0.25, 0.3) is 0 Å². The minimum Gasteiger partial charge on any atom is -0.468 e. The van der Waals surface area contributed by atoms with Crippen LogP contribution in [0.1, 0.15) is 37.5 Å². The van der Waals surface area contributed by atoms with Gasteiger partial charge in [-0.3, -0.25) is 10.1 Å². The van der Waals surface area contributed by atoms with Gasteiger partial charge in [0.1, 0.15) is 17.1 Å². The molecule has 0 aliphatic rings. The van der Waals surface area contributed by atoms with Crippen LogP contribution in [0.5, 0.6) is 0 Å². The lowest BCUT2D eigenvalue weighted by atomic mass is 10.2. The molecule has 0 unspecified atom stereocenters. The number of furan rings is 2. The second kappa shape index (κ2) is 6.71. The van der Waals surface area contributed by atoms with Crippen molar-refractivity contribution in [3.8, 4) is 0 Å². The van der Waals surface area contributed by atoms with Crippen LogP contribution in [0.3, 0.4) is 0 Å². The van der Waals surface area contributed by atoms with Gasteiger partial charge in [-0.05, 0) is 38.1 Å². The Hall–Kier alpha value is -2.53. The molecule has 1 aromatic carbocycles. The van der Waals surface area contributed by atoms with E-state index in [1.54, 1.807) is 6.26 Å². The second-order valence-corrected chi connectivity index (χ2v) is 5.59. The van der Waals surface area contributed by atoms with Gasteiger partial charge in [-0.25, -0.2) is 0 Å². The number of hydrogen-bond acceptors (Lipinski definition) is 4. The summed E-state index contributed by atoms with van der Waals surface area (Å²) < 4.78 is 11.1. The number of rotatable bonds is 6. The van der Waals surface area contributed by atoms with Crippen LogP contribution in [-0.4, -0.2) is 12.5 Å². The number of carbonyl (C=O) groups excluding carboxylic acids is 1. The van der Waals surface area contributed by atoms with E-state index in [1.165, 1.54) is 0 Å². The van der Waals surface area contributed by atoms with E-state index in [1.807, 2.05) is 56.3 Å². The average molecular weight is 312 g/mol. The molecule has 5 heteroatoms. The first-order valence-electron chi connectivity index (χ1n) is 7.68. The first kappa shape index (κ1) is 15.4. The van der Waals surface area contributed by atoms with Gasteiger partial charge < -0.3 is 14.2 Å². The minimum absolute atomic E-state index is 0.0164. The van der Waals surface area contributed by atoms with Crippen LogP contribution in [0.4, 0.5) is 0 Å². The van der Waals surface area contributed by atoms with E-state index in [4.69, 9.17) is 8.83 Å². The standard InChI is InChI=1S/C18H20N2O3/c1-12(15-8-5-9-22-15)19-11-18(21)20-13(2)17-10-14-6-3-4-7-16(14)23-17/h3-10,12-13,19H,11H2,1-2H3,(H,20,21)/t12-,13-/m1/s1. The molecule has 0 spiro atoms. The fourth-order valence-electron chi connectivity index (χ4n) is 2.46. The van der Waals surface area contributed by atoms with Crippen LogP contribution in [0.15, 0.2) is 57.6 Å². The molecular formula is C18H20N2O3. The number of carbonyl (C=O) groups is 1. The lowest BCUT2D eigenvalue weighted by Gasteiger charge is -2.14. The molecule has 0 radical (unpaired) electrons. The largest absolute Gasteiger partial charge is 0.468 e. The fourth-order valence-corrected chi connectivity index (χ4v) is 2.46. The van der Waals surface area contributed by atoms with Gasteiger partial charge in [-0.1, -0.05) is 18.2 Å². The summed E-state index contributed by atoms with van der Waals surface area (Å²) >= 11 is 0. The van der Waals surface area contributed by atoms with Crippen LogP contribution in [0.2, 0.25) is 0 Å². The molecule has 1 amide bonds. The lowest BCUT2D eigenvalue weighted by Crippen LogP contribution is -2.36. The molecule has 2 N–H and O–H groups in total. The van der Waals surface area contributed by atoms with Crippen molar-refractivity contribution in [3.63, 3.8) is 0 Å². The Morgan fingerprint density at radius 2 is 1.91 bits per heavy atom. The topological polar surface area (TPSA) is 67.4 Å². The Bertz CT molecular complexity index is 744. The zero-order valence-corrected chi connectivity index (χ0v) is 13.2. The van der Waals surface area contributed by atoms with Crippen LogP contribution in [0, 0.1) is 0 Å². The highest BCUT2D eigenvalue weighted by molar-refractivity contribution is 5.80. The molecule has 3 rings (SSSR count). The molecule has 5 nitrogen and oxygen atoms in total. The van der Waals surface area contributed by atoms with Gasteiger partial charge in [-0.15, -0.1) is 0 Å². The molecule has 2 aromatic heterocycles. The van der Waals surface area contributed by atoms with Crippen LogP contribution >= 0.6 is 0 Å². The lowest BCUT2D eigenvalue weighted by molar-refractivity contribution is -0.121. The number of para-hydroxylation sites is 1. The van der Waals surface area contributed by atoms with Gasteiger partial charge in [0.15, 0.2) is 0 Å². The Morgan fingerprint density at radius 3 is 2.65 bits per heavy atom. The summed E-state index contributed by atoms with van der Waals surface area (Å²) in [5.41, 5.74) is 0.827. The summed E-state index contributed by atoms with van der Waals surface area (Å²) in [4.78, 5) is 12.1. The van der Waals surface area contributed by atoms with Gasteiger partial charge in [0.2, 0.25) is 5.91 Å². The zero-order chi connectivity index (χ0) is 16.2. The van der Waals surface area contributed by atoms with Gasteiger partial charge in [0, 0.05) is 5.39 Å². The van der Waals surface area contributed by atoms with Crippen LogP contribution < -0.4 is 10.6 Å². The second-order valence-electron chi connectivity index (χ2n) is 5.59. The zero-order valence-electron chi connectivity index (χ0n) is 13.2. The molecule has 2 atom stereocenters. The average Bonchev–Trinajstić information content (AvgIpc) is 3.21. The van der Waals surface area contributed by atoms with E-state index < -0.39 is 0 Å². The molecule has 0 fully saturated rings. The van der Waals surface area contributed by atoms with E-state index in [0.717, 1.165) is 22.5 Å². The van der Waals surface area contributed by atoms with Crippen molar-refractivity contribution < 1.29 is 13.6 Å². The Morgan fingerprint density at radius 1 is 1.09 bits per heavy atom. The van der Waals surface area contributed by atoms with Gasteiger partial charge in [0.05, 0.1) is 24.9 Å². The number of fused-ring (bicyclic) bond motifs is 1. The van der Waals surface area contributed by atoms with Crippen molar-refractivity contribution >= 4 is 16.9 Å². The first-order chi connectivity index (χ1) is 11.1. The molecule has 0 aliphatic carbocycles.